The fourth-order valence-corrected chi connectivity index (χ4v) is 1.73. The van der Waals surface area contributed by atoms with Gasteiger partial charge in [-0.25, -0.2) is 0 Å². The van der Waals surface area contributed by atoms with Gasteiger partial charge in [0.15, 0.2) is 0 Å². The van der Waals surface area contributed by atoms with Crippen molar-refractivity contribution in [1.82, 2.24) is 0 Å². The summed E-state index contributed by atoms with van der Waals surface area (Å²) in [5.41, 5.74) is 0. The molecule has 0 fully saturated rings. The predicted molar refractivity (Wildman–Crippen MR) is 70.9 cm³/mol. The van der Waals surface area contributed by atoms with Gasteiger partial charge in [0.2, 0.25) is 0 Å². The van der Waals surface area contributed by atoms with E-state index < -0.39 is 0 Å². The van der Waals surface area contributed by atoms with E-state index >= 15 is 0 Å². The van der Waals surface area contributed by atoms with Crippen molar-refractivity contribution in [2.45, 2.75) is 55.7 Å². The quantitative estimate of drug-likeness (QED) is 0.491. The SMILES string of the molecule is CC[P-2].C[CH2][Al+][CH2]C.C[CH2][Al+][CH2]C. The van der Waals surface area contributed by atoms with Gasteiger partial charge in [-0.15, -0.1) is 6.92 Å². The Hall–Kier alpha value is 1.49. The molecule has 0 spiro atoms. The summed E-state index contributed by atoms with van der Waals surface area (Å²) in [4.78, 5) is 0. The van der Waals surface area contributed by atoms with Crippen LogP contribution >= 0.6 is 9.24 Å². The molecule has 0 heterocycles. The van der Waals surface area contributed by atoms with Crippen molar-refractivity contribution in [2.24, 2.45) is 0 Å². The van der Waals surface area contributed by atoms with Crippen molar-refractivity contribution in [3.05, 3.63) is 0 Å². The Kier molecular flexibility index (Phi) is 44.9. The van der Waals surface area contributed by atoms with Gasteiger partial charge in [0.05, 0.1) is 0 Å². The third kappa shape index (κ3) is 59.1. The molecule has 0 aliphatic carbocycles. The topological polar surface area (TPSA) is 0 Å². The molecule has 0 atom stereocenters. The van der Waals surface area contributed by atoms with Crippen LogP contribution in [0.4, 0.5) is 0 Å². The fraction of sp³-hybridized carbons (Fsp3) is 1.00. The third-order valence-electron chi connectivity index (χ3n) is 1.15. The molecule has 13 heavy (non-hydrogen) atoms. The number of hydrogen-bond donors (Lipinski definition) is 0. The van der Waals surface area contributed by atoms with Crippen LogP contribution in [0.15, 0.2) is 0 Å². The molecule has 0 aromatic rings. The Morgan fingerprint density at radius 1 is 0.692 bits per heavy atom. The molecule has 0 N–H and O–H groups in total. The second kappa shape index (κ2) is 29.2. The van der Waals surface area contributed by atoms with Crippen molar-refractivity contribution < 1.29 is 0 Å². The minimum absolute atomic E-state index is 0.815. The first kappa shape index (κ1) is 20.0. The molecule has 0 saturated heterocycles. The number of hydrogen-bond acceptors (Lipinski definition) is 0. The minimum atomic E-state index is 0.815. The summed E-state index contributed by atoms with van der Waals surface area (Å²) in [5.74, 6) is 0. The van der Waals surface area contributed by atoms with Crippen molar-refractivity contribution in [2.75, 3.05) is 6.16 Å². The van der Waals surface area contributed by atoms with Crippen LogP contribution in [0.2, 0.25) is 21.1 Å². The molecule has 0 aromatic carbocycles. The molecule has 0 unspecified atom stereocenters. The molecule has 0 aliphatic rings. The first-order chi connectivity index (χ1) is 6.24. The van der Waals surface area contributed by atoms with E-state index in [-0.39, 0.29) is 0 Å². The van der Waals surface area contributed by atoms with Crippen molar-refractivity contribution in [3.8, 4) is 0 Å². The zero-order chi connectivity index (χ0) is 10.9. The molecule has 0 rings (SSSR count). The molecular weight excluding hydrogens is 205 g/mol. The zero-order valence-electron chi connectivity index (χ0n) is 10.1. The van der Waals surface area contributed by atoms with E-state index in [0.717, 1.165) is 36.6 Å². The molecule has 76 valence electrons. The van der Waals surface area contributed by atoms with E-state index in [1.54, 1.807) is 0 Å². The summed E-state index contributed by atoms with van der Waals surface area (Å²) in [6.45, 7) is 11.0. The molecule has 0 aromatic heterocycles. The summed E-state index contributed by atoms with van der Waals surface area (Å²) in [5, 5.41) is 5.71. The van der Waals surface area contributed by atoms with E-state index in [2.05, 4.69) is 36.9 Å². The normalized spacial score (nSPS) is 6.62. The monoisotopic (exact) mass is 230 g/mol. The molecule has 0 amide bonds. The Morgan fingerprint density at radius 2 is 0.846 bits per heavy atom. The van der Waals surface area contributed by atoms with Gasteiger partial charge in [0.25, 0.3) is 0 Å². The van der Waals surface area contributed by atoms with Crippen LogP contribution < -0.4 is 0 Å². The predicted octanol–water partition coefficient (Wildman–Crippen LogP) is 4.55. The van der Waals surface area contributed by atoms with E-state index in [1.165, 1.54) is 21.1 Å². The maximum absolute atomic E-state index is 3.79. The van der Waals surface area contributed by atoms with Crippen LogP contribution in [-0.2, 0) is 0 Å². The van der Waals surface area contributed by atoms with Crippen molar-refractivity contribution in [1.29, 1.82) is 0 Å². The van der Waals surface area contributed by atoms with Gasteiger partial charge in [0, 0.05) is 0 Å². The van der Waals surface area contributed by atoms with Gasteiger partial charge in [-0.2, -0.15) is 0 Å². The molecule has 3 heteroatoms. The summed E-state index contributed by atoms with van der Waals surface area (Å²) in [6, 6.07) is 0. The van der Waals surface area contributed by atoms with Crippen molar-refractivity contribution in [3.63, 3.8) is 0 Å². The summed E-state index contributed by atoms with van der Waals surface area (Å²) in [7, 11) is 3.79. The Morgan fingerprint density at radius 3 is 0.846 bits per heavy atom. The van der Waals surface area contributed by atoms with Crippen LogP contribution in [0, 0.1) is 0 Å². The Labute approximate surface area is 101 Å². The van der Waals surface area contributed by atoms with Gasteiger partial charge in [0.1, 0.15) is 0 Å². The first-order valence-electron chi connectivity index (χ1n) is 5.48. The molecule has 0 nitrogen and oxygen atoms in total. The average molecular weight is 230 g/mol. The number of rotatable bonds is 4. The van der Waals surface area contributed by atoms with E-state index in [1.807, 2.05) is 6.92 Å². The Balaban J connectivity index is -0.000000120. The van der Waals surface area contributed by atoms with E-state index in [4.69, 9.17) is 0 Å². The van der Waals surface area contributed by atoms with Crippen LogP contribution in [0.5, 0.6) is 0 Å². The molecule has 0 saturated carbocycles. The summed E-state index contributed by atoms with van der Waals surface area (Å²) in [6.07, 6.45) is 0.944. The van der Waals surface area contributed by atoms with Gasteiger partial charge >= 0.3 is 79.3 Å². The third-order valence-corrected chi connectivity index (χ3v) is 3.46. The van der Waals surface area contributed by atoms with Gasteiger partial charge in [-0.1, -0.05) is 0 Å². The maximum atomic E-state index is 3.79. The van der Waals surface area contributed by atoms with Gasteiger partial charge < -0.3 is 15.4 Å². The van der Waals surface area contributed by atoms with Crippen LogP contribution in [0.25, 0.3) is 0 Å². The molecule has 0 bridgehead atoms. The van der Waals surface area contributed by atoms with E-state index in [9.17, 15) is 0 Å². The van der Waals surface area contributed by atoms with Crippen LogP contribution in [-0.4, -0.2) is 36.6 Å². The summed E-state index contributed by atoms with van der Waals surface area (Å²) < 4.78 is 0. The zero-order valence-corrected chi connectivity index (χ0v) is 13.3. The average Bonchev–Trinajstić information content (AvgIpc) is 2.09. The first-order valence-corrected chi connectivity index (χ1v) is 9.38. The molecular formula is C10H25Al2P. The van der Waals surface area contributed by atoms with Crippen LogP contribution in [0.3, 0.4) is 0 Å². The van der Waals surface area contributed by atoms with Gasteiger partial charge in [-0.05, 0) is 0 Å². The standard InChI is InChI=1S/C2H5P.4C2H5.2Al/c1-2-3;4*1-2;;/h2H2,1H3;4*1H2,2H3;;/q-2;;;;;2*+1. The van der Waals surface area contributed by atoms with Crippen LogP contribution in [0.1, 0.15) is 34.6 Å². The van der Waals surface area contributed by atoms with Gasteiger partial charge in [-0.3, -0.25) is 0 Å². The van der Waals surface area contributed by atoms with E-state index in [0.29, 0.717) is 0 Å². The molecule has 0 aliphatic heterocycles. The Bertz CT molecular complexity index is 42.2. The fourth-order valence-electron chi connectivity index (χ4n) is 0.577. The second-order valence-corrected chi connectivity index (χ2v) is 7.58. The summed E-state index contributed by atoms with van der Waals surface area (Å²) >= 11 is 1.63. The molecule has 0 radical (unpaired) electrons. The second-order valence-electron chi connectivity index (χ2n) is 2.53. The van der Waals surface area contributed by atoms with Crippen molar-refractivity contribution >= 4 is 39.7 Å².